The van der Waals surface area contributed by atoms with Crippen molar-refractivity contribution in [3.63, 3.8) is 0 Å². The van der Waals surface area contributed by atoms with Crippen molar-refractivity contribution in [1.82, 2.24) is 5.32 Å². The second-order valence-corrected chi connectivity index (χ2v) is 16.9. The number of aliphatic hydroxyl groups is 2. The molecular formula is C35H47N3O3S2. The van der Waals surface area contributed by atoms with Crippen LogP contribution in [-0.2, 0) is 4.79 Å². The van der Waals surface area contributed by atoms with Gasteiger partial charge in [0.15, 0.2) is 11.7 Å². The van der Waals surface area contributed by atoms with Crippen LogP contribution in [-0.4, -0.2) is 58.8 Å². The SMILES string of the molecule is C[C@]12CCSSC[C@@]34NC(N)=NC[C@H]3[C@H](c3ccccc3)C=C[C@H]4CCC3=C4C[C@H]1C[C@H](CO)[C@@H](CCCO)[C@@]42CC3=O. The van der Waals surface area contributed by atoms with Crippen LogP contribution >= 0.6 is 21.6 Å². The number of hydrogen-bond donors (Lipinski definition) is 4. The number of guanidine groups is 1. The van der Waals surface area contributed by atoms with Crippen molar-refractivity contribution >= 4 is 33.3 Å². The summed E-state index contributed by atoms with van der Waals surface area (Å²) in [6.07, 6.45) is 11.9. The Kier molecular flexibility index (Phi) is 8.05. The number of nitrogens with zero attached hydrogens (tertiary/aromatic N) is 1. The summed E-state index contributed by atoms with van der Waals surface area (Å²) < 4.78 is 0. The lowest BCUT2D eigenvalue weighted by Gasteiger charge is -2.57. The number of Topliss-reactive ketones (excluding diaryl/α,β-unsaturated/α-hetero) is 1. The van der Waals surface area contributed by atoms with Gasteiger partial charge >= 0.3 is 0 Å². The minimum atomic E-state index is -0.234. The Hall–Kier alpha value is -1.74. The molecule has 2 spiro atoms. The molecule has 6 aliphatic rings. The number of hydrogen-bond acceptors (Lipinski definition) is 8. The molecular weight excluding hydrogens is 575 g/mol. The quantitative estimate of drug-likeness (QED) is 0.255. The fourth-order valence-corrected chi connectivity index (χ4v) is 13.7. The molecule has 2 heterocycles. The Bertz CT molecular complexity index is 1330. The molecule has 4 aliphatic carbocycles. The predicted molar refractivity (Wildman–Crippen MR) is 177 cm³/mol. The molecule has 232 valence electrons. The molecule has 5 bridgehead atoms. The first kappa shape index (κ1) is 29.9. The van der Waals surface area contributed by atoms with E-state index in [0.717, 1.165) is 62.0 Å². The Labute approximate surface area is 264 Å². The largest absolute Gasteiger partial charge is 0.396 e. The van der Waals surface area contributed by atoms with Gasteiger partial charge in [0.1, 0.15) is 0 Å². The van der Waals surface area contributed by atoms with Crippen molar-refractivity contribution in [2.24, 2.45) is 51.1 Å². The van der Waals surface area contributed by atoms with Gasteiger partial charge in [0.25, 0.3) is 0 Å². The van der Waals surface area contributed by atoms with Crippen LogP contribution in [0.15, 0.2) is 58.6 Å². The fourth-order valence-electron chi connectivity index (χ4n) is 10.8. The minimum absolute atomic E-state index is 0.0409. The summed E-state index contributed by atoms with van der Waals surface area (Å²) in [5, 5.41) is 24.2. The third-order valence-corrected chi connectivity index (χ3v) is 15.3. The maximum absolute atomic E-state index is 14.1. The van der Waals surface area contributed by atoms with Crippen LogP contribution in [0, 0.1) is 40.4 Å². The van der Waals surface area contributed by atoms with Gasteiger partial charge in [-0.25, -0.2) is 0 Å². The van der Waals surface area contributed by atoms with E-state index in [2.05, 4.69) is 54.7 Å². The molecule has 1 aromatic rings. The lowest BCUT2D eigenvalue weighted by Crippen LogP contribution is -2.67. The summed E-state index contributed by atoms with van der Waals surface area (Å²) in [7, 11) is 3.97. The molecule has 2 aliphatic heterocycles. The zero-order valence-corrected chi connectivity index (χ0v) is 27.0. The van der Waals surface area contributed by atoms with Crippen LogP contribution in [0.3, 0.4) is 0 Å². The molecule has 2 saturated carbocycles. The molecule has 0 saturated heterocycles. The highest BCUT2D eigenvalue weighted by molar-refractivity contribution is 8.76. The minimum Gasteiger partial charge on any atom is -0.396 e. The maximum Gasteiger partial charge on any atom is 0.189 e. The van der Waals surface area contributed by atoms with Crippen molar-refractivity contribution < 1.29 is 15.0 Å². The smallest absolute Gasteiger partial charge is 0.189 e. The Morgan fingerprint density at radius 2 is 2.00 bits per heavy atom. The number of rotatable bonds is 5. The molecule has 7 rings (SSSR count). The van der Waals surface area contributed by atoms with Gasteiger partial charge in [-0.2, -0.15) is 0 Å². The van der Waals surface area contributed by atoms with Crippen LogP contribution in [0.1, 0.15) is 69.8 Å². The van der Waals surface area contributed by atoms with Crippen molar-refractivity contribution in [3.8, 4) is 0 Å². The molecule has 1 aromatic carbocycles. The summed E-state index contributed by atoms with van der Waals surface area (Å²) in [5.41, 5.74) is 9.94. The number of allylic oxidation sites excluding steroid dienone is 3. The van der Waals surface area contributed by atoms with Gasteiger partial charge in [0.05, 0.1) is 5.54 Å². The topological polar surface area (TPSA) is 108 Å². The number of aliphatic imine (C=N–C) groups is 1. The summed E-state index contributed by atoms with van der Waals surface area (Å²) >= 11 is 0. The van der Waals surface area contributed by atoms with Crippen molar-refractivity contribution in [2.75, 3.05) is 31.3 Å². The highest BCUT2D eigenvalue weighted by atomic mass is 33.1. The van der Waals surface area contributed by atoms with Gasteiger partial charge in [-0.05, 0) is 79.3 Å². The first-order valence-electron chi connectivity index (χ1n) is 16.4. The molecule has 5 N–H and O–H groups in total. The van der Waals surface area contributed by atoms with Crippen LogP contribution in [0.5, 0.6) is 0 Å². The lowest BCUT2D eigenvalue weighted by molar-refractivity contribution is -0.125. The standard InChI is InChI=1S/C35H47N3O3S2/c1-33-13-15-42-43-21-35-24(9-11-26(22-6-3-2-4-7-22)30(35)19-37-32(36)38-35)10-12-27-29-17-25(33)16-23(20-40)28(8-5-14-39)34(29,33)18-31(27)41/h2-4,6-7,9,11,23-26,28,30,39-40H,5,8,10,12-21H2,1H3,(H3,36,37,38)/t23-,24+,25-,26+,28-,30+,33+,34+,35+/m1/s1. The Morgan fingerprint density at radius 1 is 1.16 bits per heavy atom. The van der Waals surface area contributed by atoms with Crippen molar-refractivity contribution in [2.45, 2.75) is 69.7 Å². The van der Waals surface area contributed by atoms with Crippen molar-refractivity contribution in [1.29, 1.82) is 0 Å². The van der Waals surface area contributed by atoms with E-state index < -0.39 is 0 Å². The molecule has 8 heteroatoms. The zero-order valence-electron chi connectivity index (χ0n) is 25.3. The summed E-state index contributed by atoms with van der Waals surface area (Å²) in [6.45, 7) is 3.53. The van der Waals surface area contributed by atoms with Gasteiger partial charge in [0, 0.05) is 60.9 Å². The molecule has 6 nitrogen and oxygen atoms in total. The third kappa shape index (κ3) is 4.51. The number of benzene rings is 1. The van der Waals surface area contributed by atoms with Crippen LogP contribution < -0.4 is 11.1 Å². The fraction of sp³-hybridized carbons (Fsp3) is 0.657. The average molecular weight is 622 g/mol. The molecule has 0 unspecified atom stereocenters. The van der Waals surface area contributed by atoms with E-state index in [1.54, 1.807) is 0 Å². The van der Waals surface area contributed by atoms with Crippen LogP contribution in [0.4, 0.5) is 0 Å². The summed E-state index contributed by atoms with van der Waals surface area (Å²) in [6, 6.07) is 10.8. The molecule has 43 heavy (non-hydrogen) atoms. The first-order chi connectivity index (χ1) is 20.9. The zero-order chi connectivity index (χ0) is 29.8. The molecule has 0 aromatic heterocycles. The van der Waals surface area contributed by atoms with E-state index in [1.807, 2.05) is 21.6 Å². The predicted octanol–water partition coefficient (Wildman–Crippen LogP) is 5.48. The van der Waals surface area contributed by atoms with Gasteiger partial charge in [0.2, 0.25) is 0 Å². The second kappa shape index (κ2) is 11.6. The average Bonchev–Trinajstić information content (AvgIpc) is 3.35. The number of nitrogens with one attached hydrogen (secondary N) is 1. The monoisotopic (exact) mass is 621 g/mol. The Morgan fingerprint density at radius 3 is 2.79 bits per heavy atom. The highest BCUT2D eigenvalue weighted by Gasteiger charge is 2.69. The second-order valence-electron chi connectivity index (χ2n) is 14.3. The van der Waals surface area contributed by atoms with E-state index in [1.165, 1.54) is 11.1 Å². The van der Waals surface area contributed by atoms with E-state index in [0.29, 0.717) is 30.6 Å². The van der Waals surface area contributed by atoms with Crippen molar-refractivity contribution in [3.05, 3.63) is 59.2 Å². The highest BCUT2D eigenvalue weighted by Crippen LogP contribution is 2.75. The maximum atomic E-state index is 14.1. The van der Waals surface area contributed by atoms with E-state index in [-0.39, 0.29) is 59.2 Å². The molecule has 2 fully saturated rings. The first-order valence-corrected chi connectivity index (χ1v) is 18.9. The lowest BCUT2D eigenvalue weighted by atomic mass is 9.47. The Balaban J connectivity index is 1.30. The van der Waals surface area contributed by atoms with E-state index >= 15 is 0 Å². The van der Waals surface area contributed by atoms with E-state index in [9.17, 15) is 15.0 Å². The number of aliphatic hydroxyl groups excluding tert-OH is 2. The summed E-state index contributed by atoms with van der Waals surface area (Å²) in [4.78, 5) is 18.9. The normalized spacial score (nSPS) is 42.2. The van der Waals surface area contributed by atoms with Crippen LogP contribution in [0.2, 0.25) is 0 Å². The van der Waals surface area contributed by atoms with Gasteiger partial charge in [-0.3, -0.25) is 9.79 Å². The molecule has 9 atom stereocenters. The van der Waals surface area contributed by atoms with Gasteiger partial charge in [-0.1, -0.05) is 76.6 Å². The van der Waals surface area contributed by atoms with Gasteiger partial charge in [-0.15, -0.1) is 0 Å². The third-order valence-electron chi connectivity index (χ3n) is 12.8. The number of carbonyl (C=O) groups excluding carboxylic acids is 1. The number of ketones is 1. The number of carbonyl (C=O) groups is 1. The molecule has 0 radical (unpaired) electrons. The van der Waals surface area contributed by atoms with E-state index in [4.69, 9.17) is 10.7 Å². The van der Waals surface area contributed by atoms with Crippen LogP contribution in [0.25, 0.3) is 0 Å². The molecule has 0 amide bonds. The van der Waals surface area contributed by atoms with Gasteiger partial charge < -0.3 is 21.3 Å². The number of nitrogens with two attached hydrogens (primary N) is 1. The summed E-state index contributed by atoms with van der Waals surface area (Å²) in [5.74, 6) is 4.61.